The lowest BCUT2D eigenvalue weighted by Crippen LogP contribution is -2.01. The van der Waals surface area contributed by atoms with Crippen LogP contribution in [0.25, 0.3) is 6.08 Å². The van der Waals surface area contributed by atoms with Gasteiger partial charge in [0.05, 0.1) is 0 Å². The average Bonchev–Trinajstić information content (AvgIpc) is 2.17. The van der Waals surface area contributed by atoms with Gasteiger partial charge in [0.1, 0.15) is 0 Å². The van der Waals surface area contributed by atoms with E-state index in [1.165, 1.54) is 17.8 Å². The van der Waals surface area contributed by atoms with Gasteiger partial charge in [-0.1, -0.05) is 23.9 Å². The molecule has 0 bridgehead atoms. The summed E-state index contributed by atoms with van der Waals surface area (Å²) in [6, 6.07) is 3.37. The zero-order valence-electron chi connectivity index (χ0n) is 8.53. The number of carbonyl (C=O) groups excluding carboxylic acids is 1. The van der Waals surface area contributed by atoms with Gasteiger partial charge in [-0.25, -0.2) is 0 Å². The van der Waals surface area contributed by atoms with Gasteiger partial charge in [0.25, 0.3) is 0 Å². The van der Waals surface area contributed by atoms with Crippen LogP contribution in [0.3, 0.4) is 0 Å². The Bertz CT molecular complexity index is 409. The molecule has 0 spiro atoms. The van der Waals surface area contributed by atoms with Crippen LogP contribution in [-0.4, -0.2) is 15.9 Å². The monoisotopic (exact) mass is 223 g/mol. The number of aromatic amines is 1. The van der Waals surface area contributed by atoms with Gasteiger partial charge >= 0.3 is 0 Å². The van der Waals surface area contributed by atoms with E-state index in [2.05, 4.69) is 4.98 Å². The van der Waals surface area contributed by atoms with Crippen LogP contribution in [0, 0.1) is 0 Å². The first-order chi connectivity index (χ1) is 7.18. The first-order valence-electron chi connectivity index (χ1n) is 4.67. The number of thioether (sulfide) groups is 1. The van der Waals surface area contributed by atoms with Crippen molar-refractivity contribution >= 4 is 23.0 Å². The zero-order valence-corrected chi connectivity index (χ0v) is 9.34. The summed E-state index contributed by atoms with van der Waals surface area (Å²) in [7, 11) is 0. The Labute approximate surface area is 92.6 Å². The quantitative estimate of drug-likeness (QED) is 0.795. The molecule has 0 saturated heterocycles. The third-order valence-electron chi connectivity index (χ3n) is 1.70. The van der Waals surface area contributed by atoms with Gasteiger partial charge in [-0.05, 0) is 18.1 Å². The molecule has 0 aliphatic heterocycles. The fourth-order valence-electron chi connectivity index (χ4n) is 1.05. The van der Waals surface area contributed by atoms with Gasteiger partial charge in [-0.2, -0.15) is 0 Å². The van der Waals surface area contributed by atoms with Crippen molar-refractivity contribution in [2.75, 3.05) is 5.75 Å². The van der Waals surface area contributed by atoms with Crippen LogP contribution < -0.4 is 5.56 Å². The number of pyridine rings is 1. The Morgan fingerprint density at radius 1 is 1.60 bits per heavy atom. The minimum atomic E-state index is -0.102. The van der Waals surface area contributed by atoms with Crippen molar-refractivity contribution in [1.29, 1.82) is 0 Å². The third-order valence-corrected chi connectivity index (χ3v) is 2.55. The molecule has 0 saturated carbocycles. The molecule has 0 radical (unpaired) electrons. The molecule has 1 aromatic heterocycles. The van der Waals surface area contributed by atoms with Crippen molar-refractivity contribution in [2.45, 2.75) is 13.3 Å². The molecule has 0 aliphatic carbocycles. The molecular formula is C11H13NO2S. The summed E-state index contributed by atoms with van der Waals surface area (Å²) in [6.07, 6.45) is 6.30. The van der Waals surface area contributed by atoms with Crippen LogP contribution in [0.5, 0.6) is 0 Å². The average molecular weight is 223 g/mol. The third kappa shape index (κ3) is 5.22. The minimum Gasteiger partial charge on any atom is -0.329 e. The normalized spacial score (nSPS) is 10.7. The molecule has 0 amide bonds. The lowest BCUT2D eigenvalue weighted by Gasteiger charge is -1.92. The van der Waals surface area contributed by atoms with Crippen molar-refractivity contribution in [3.05, 3.63) is 40.3 Å². The molecule has 3 nitrogen and oxygen atoms in total. The van der Waals surface area contributed by atoms with Crippen LogP contribution in [0.2, 0.25) is 0 Å². The van der Waals surface area contributed by atoms with E-state index in [-0.39, 0.29) is 10.7 Å². The fraction of sp³-hybridized carbons (Fsp3) is 0.273. The molecule has 80 valence electrons. The molecular weight excluding hydrogens is 210 g/mol. The maximum absolute atomic E-state index is 10.9. The molecule has 1 rings (SSSR count). The number of carbonyl (C=O) groups is 1. The molecule has 1 aromatic rings. The van der Waals surface area contributed by atoms with Gasteiger partial charge in [0.2, 0.25) is 5.56 Å². The molecule has 0 aliphatic rings. The second-order valence-electron chi connectivity index (χ2n) is 3.02. The largest absolute Gasteiger partial charge is 0.329 e. The summed E-state index contributed by atoms with van der Waals surface area (Å²) in [4.78, 5) is 24.1. The number of nitrogens with one attached hydrogen (secondary N) is 1. The van der Waals surface area contributed by atoms with Crippen LogP contribution in [-0.2, 0) is 4.79 Å². The summed E-state index contributed by atoms with van der Waals surface area (Å²) >= 11 is 1.31. The number of aromatic nitrogens is 1. The summed E-state index contributed by atoms with van der Waals surface area (Å²) in [6.45, 7) is 1.56. The van der Waals surface area contributed by atoms with Crippen molar-refractivity contribution in [1.82, 2.24) is 4.98 Å². The Morgan fingerprint density at radius 3 is 3.07 bits per heavy atom. The zero-order chi connectivity index (χ0) is 11.1. The second kappa shape index (κ2) is 6.24. The molecule has 4 heteroatoms. The Hall–Kier alpha value is -1.29. The van der Waals surface area contributed by atoms with Crippen molar-refractivity contribution in [2.24, 2.45) is 0 Å². The summed E-state index contributed by atoms with van der Waals surface area (Å²) in [5.41, 5.74) is 0.779. The van der Waals surface area contributed by atoms with Gasteiger partial charge in [0, 0.05) is 24.9 Å². The summed E-state index contributed by atoms with van der Waals surface area (Å²) < 4.78 is 0. The van der Waals surface area contributed by atoms with E-state index < -0.39 is 0 Å². The van der Waals surface area contributed by atoms with E-state index in [0.29, 0.717) is 0 Å². The molecule has 0 fully saturated rings. The number of hydrogen-bond acceptors (Lipinski definition) is 3. The summed E-state index contributed by atoms with van der Waals surface area (Å²) in [5, 5.41) is 0.138. The van der Waals surface area contributed by atoms with E-state index >= 15 is 0 Å². The van der Waals surface area contributed by atoms with Gasteiger partial charge < -0.3 is 4.98 Å². The second-order valence-corrected chi connectivity index (χ2v) is 4.29. The minimum absolute atomic E-state index is 0.102. The number of H-pyrrole nitrogens is 1. The van der Waals surface area contributed by atoms with Gasteiger partial charge in [-0.15, -0.1) is 0 Å². The highest BCUT2D eigenvalue weighted by Gasteiger charge is 1.91. The van der Waals surface area contributed by atoms with Crippen LogP contribution in [0.15, 0.2) is 29.2 Å². The van der Waals surface area contributed by atoms with E-state index in [1.807, 2.05) is 18.2 Å². The first-order valence-corrected chi connectivity index (χ1v) is 5.65. The van der Waals surface area contributed by atoms with E-state index in [4.69, 9.17) is 0 Å². The SMILES string of the molecule is CC(=O)SCCC=Cc1cc[nH]c(=O)c1. The number of hydrogen-bond donors (Lipinski definition) is 1. The number of rotatable bonds is 4. The highest BCUT2D eigenvalue weighted by Crippen LogP contribution is 2.05. The van der Waals surface area contributed by atoms with Crippen molar-refractivity contribution in [3.63, 3.8) is 0 Å². The molecule has 0 aromatic carbocycles. The predicted molar refractivity (Wildman–Crippen MR) is 63.9 cm³/mol. The molecule has 1 N–H and O–H groups in total. The first kappa shape index (κ1) is 11.8. The molecule has 15 heavy (non-hydrogen) atoms. The topological polar surface area (TPSA) is 49.9 Å². The predicted octanol–water partition coefficient (Wildman–Crippen LogP) is 2.06. The molecule has 1 heterocycles. The summed E-state index contributed by atoms with van der Waals surface area (Å²) in [5.74, 6) is 0.787. The molecule has 0 unspecified atom stereocenters. The Morgan fingerprint density at radius 2 is 2.40 bits per heavy atom. The van der Waals surface area contributed by atoms with Gasteiger partial charge in [-0.3, -0.25) is 9.59 Å². The maximum atomic E-state index is 10.9. The highest BCUT2D eigenvalue weighted by atomic mass is 32.2. The highest BCUT2D eigenvalue weighted by molar-refractivity contribution is 8.13. The van der Waals surface area contributed by atoms with Crippen molar-refractivity contribution in [3.8, 4) is 0 Å². The number of allylic oxidation sites excluding steroid dienone is 1. The maximum Gasteiger partial charge on any atom is 0.248 e. The van der Waals surface area contributed by atoms with Gasteiger partial charge in [0.15, 0.2) is 5.12 Å². The van der Waals surface area contributed by atoms with Crippen LogP contribution in [0.4, 0.5) is 0 Å². The van der Waals surface area contributed by atoms with E-state index in [9.17, 15) is 9.59 Å². The fourth-order valence-corrected chi connectivity index (χ4v) is 1.60. The Balaban J connectivity index is 2.38. The standard InChI is InChI=1S/C11H13NO2S/c1-9(13)15-7-3-2-4-10-5-6-12-11(14)8-10/h2,4-6,8H,3,7H2,1H3,(H,12,14). The lowest BCUT2D eigenvalue weighted by atomic mass is 10.2. The van der Waals surface area contributed by atoms with E-state index in [0.717, 1.165) is 17.7 Å². The lowest BCUT2D eigenvalue weighted by molar-refractivity contribution is -0.109. The Kier molecular flexibility index (Phi) is 4.90. The smallest absolute Gasteiger partial charge is 0.248 e. The molecule has 0 atom stereocenters. The van der Waals surface area contributed by atoms with Crippen LogP contribution in [0.1, 0.15) is 18.9 Å². The van der Waals surface area contributed by atoms with Crippen LogP contribution >= 0.6 is 11.8 Å². The van der Waals surface area contributed by atoms with Crippen molar-refractivity contribution < 1.29 is 4.79 Å². The van der Waals surface area contributed by atoms with E-state index in [1.54, 1.807) is 13.1 Å².